The van der Waals surface area contributed by atoms with Gasteiger partial charge in [0.05, 0.1) is 36.3 Å². The molecule has 49 heavy (non-hydrogen) atoms. The van der Waals surface area contributed by atoms with Crippen LogP contribution in [0.2, 0.25) is 0 Å². The lowest BCUT2D eigenvalue weighted by Gasteiger charge is -2.43. The highest BCUT2D eigenvalue weighted by atomic mass is 32.2. The molecule has 5 atom stereocenters. The Kier molecular flexibility index (Phi) is 12.4. The van der Waals surface area contributed by atoms with E-state index in [0.29, 0.717) is 49.7 Å². The van der Waals surface area contributed by atoms with Gasteiger partial charge in [0, 0.05) is 31.6 Å². The molecule has 5 rings (SSSR count). The number of nitrogens with zero attached hydrogens (tertiary/aromatic N) is 2. The minimum atomic E-state index is -4.25. The van der Waals surface area contributed by atoms with E-state index in [0.717, 1.165) is 10.5 Å². The van der Waals surface area contributed by atoms with Crippen LogP contribution in [0.5, 0.6) is 11.5 Å². The number of carbonyl (C=O) groups is 2. The number of aliphatic hydroxyl groups excluding tert-OH is 1. The number of ether oxygens (including phenoxy) is 4. The summed E-state index contributed by atoms with van der Waals surface area (Å²) in [5.41, 5.74) is 0.173. The van der Waals surface area contributed by atoms with Gasteiger partial charge in [0.1, 0.15) is 6.09 Å². The van der Waals surface area contributed by atoms with Crippen molar-refractivity contribution in [2.75, 3.05) is 45.4 Å². The summed E-state index contributed by atoms with van der Waals surface area (Å²) in [6.07, 6.45) is -1.61. The van der Waals surface area contributed by atoms with Gasteiger partial charge in [0.25, 0.3) is 5.24 Å². The van der Waals surface area contributed by atoms with Gasteiger partial charge in [-0.25, -0.2) is 8.42 Å². The van der Waals surface area contributed by atoms with Crippen LogP contribution in [0.15, 0.2) is 53.4 Å². The summed E-state index contributed by atoms with van der Waals surface area (Å²) in [5.74, 6) is 1.14. The Morgan fingerprint density at radius 2 is 1.88 bits per heavy atom. The van der Waals surface area contributed by atoms with Crippen molar-refractivity contribution in [3.8, 4) is 11.5 Å². The molecule has 0 aliphatic carbocycles. The summed E-state index contributed by atoms with van der Waals surface area (Å²) in [6, 6.07) is 11.8. The number of amides is 2. The van der Waals surface area contributed by atoms with Crippen molar-refractivity contribution in [3.05, 3.63) is 54.1 Å². The number of carbonyl (C=O) groups excluding carboxylic acids is 2. The Bertz CT molecular complexity index is 1540. The smallest absolute Gasteiger partial charge is 0.279 e. The predicted octanol–water partition coefficient (Wildman–Crippen LogP) is 3.05. The molecule has 270 valence electrons. The van der Waals surface area contributed by atoms with Gasteiger partial charge in [0.2, 0.25) is 16.8 Å². The number of carboxylic acid groups (broad SMARTS) is 1. The van der Waals surface area contributed by atoms with Gasteiger partial charge in [-0.05, 0) is 54.5 Å². The fourth-order valence-electron chi connectivity index (χ4n) is 6.78. The third kappa shape index (κ3) is 9.18. The number of fused-ring (bicyclic) bond motifs is 2. The molecule has 3 heterocycles. The zero-order valence-electron chi connectivity index (χ0n) is 28.1. The normalized spacial score (nSPS) is 21.4. The number of thioether (sulfide) groups is 1. The van der Waals surface area contributed by atoms with Crippen molar-refractivity contribution in [1.29, 1.82) is 0 Å². The lowest BCUT2D eigenvalue weighted by Crippen LogP contribution is -2.61. The van der Waals surface area contributed by atoms with Gasteiger partial charge < -0.3 is 44.2 Å². The lowest BCUT2D eigenvalue weighted by molar-refractivity contribution is -0.273. The summed E-state index contributed by atoms with van der Waals surface area (Å²) < 4.78 is 52.3. The summed E-state index contributed by atoms with van der Waals surface area (Å²) in [7, 11) is -4.25. The topological polar surface area (TPSA) is 167 Å². The van der Waals surface area contributed by atoms with Crippen LogP contribution in [0.25, 0.3) is 0 Å². The number of aliphatic hydroxyl groups is 1. The second-order valence-corrected chi connectivity index (χ2v) is 16.5. The zero-order valence-corrected chi connectivity index (χ0v) is 29.7. The van der Waals surface area contributed by atoms with E-state index in [9.17, 15) is 28.2 Å². The minimum Gasteiger partial charge on any atom is -0.530 e. The molecular formula is C34H46N3O10S2-. The van der Waals surface area contributed by atoms with E-state index in [2.05, 4.69) is 5.32 Å². The van der Waals surface area contributed by atoms with E-state index in [1.807, 2.05) is 51.1 Å². The van der Waals surface area contributed by atoms with Crippen molar-refractivity contribution in [2.24, 2.45) is 11.3 Å². The first-order valence-corrected chi connectivity index (χ1v) is 19.1. The van der Waals surface area contributed by atoms with Crippen LogP contribution in [0.4, 0.5) is 9.59 Å². The van der Waals surface area contributed by atoms with E-state index >= 15 is 0 Å². The van der Waals surface area contributed by atoms with Crippen molar-refractivity contribution >= 4 is 33.1 Å². The molecule has 0 unspecified atom stereocenters. The molecule has 2 aromatic carbocycles. The Morgan fingerprint density at radius 3 is 2.61 bits per heavy atom. The standard InChI is InChI=1S/C34H47N3O10S2/c1-4-48-32(39)35-15-8-14-34(2,3)21-36(49(42,43)24-11-12-29-30(18-24)47-22-46-29)19-28(38)26(17-23-9-6-5-7-10-23)37(33(40)41)27-20-45-31-25(27)13-16-44-31/h5-7,9-12,18,25-28,31,38H,4,8,13-17,19-22H2,1-3H3,(H,35,39)(H,40,41)/p-1/t25-,26-,27-,28+,31+/m0/s1. The van der Waals surface area contributed by atoms with Crippen LogP contribution in [-0.4, -0.2) is 104 Å². The molecule has 0 spiro atoms. The fraction of sp³-hybridized carbons (Fsp3) is 0.588. The van der Waals surface area contributed by atoms with E-state index in [1.165, 1.54) is 34.3 Å². The Balaban J connectivity index is 1.44. The largest absolute Gasteiger partial charge is 0.530 e. The molecule has 3 aliphatic heterocycles. The number of benzene rings is 2. The molecule has 2 aromatic rings. The Labute approximate surface area is 292 Å². The lowest BCUT2D eigenvalue weighted by atomic mass is 9.87. The molecule has 2 fully saturated rings. The highest BCUT2D eigenvalue weighted by Crippen LogP contribution is 2.38. The fourth-order valence-corrected chi connectivity index (χ4v) is 8.91. The minimum absolute atomic E-state index is 0.00689. The van der Waals surface area contributed by atoms with Crippen molar-refractivity contribution in [1.82, 2.24) is 14.5 Å². The molecular weight excluding hydrogens is 675 g/mol. The SMILES string of the molecule is CCSC(=O)NCCCC(C)(C)CN(C[C@@H](O)[C@H](Cc1ccccc1)N(C(=O)[O-])[C@H]1CO[C@H]2OCC[C@H]21)S(=O)(=O)c1ccc2c(c1)OCO2. The van der Waals surface area contributed by atoms with Crippen LogP contribution < -0.4 is 19.9 Å². The first-order valence-electron chi connectivity index (χ1n) is 16.6. The molecule has 2 amide bonds. The molecule has 0 aromatic heterocycles. The number of hydrogen-bond donors (Lipinski definition) is 2. The molecule has 0 saturated carbocycles. The van der Waals surface area contributed by atoms with Gasteiger partial charge >= 0.3 is 0 Å². The zero-order chi connectivity index (χ0) is 35.2. The van der Waals surface area contributed by atoms with Gasteiger partial charge in [0.15, 0.2) is 17.8 Å². The predicted molar refractivity (Wildman–Crippen MR) is 181 cm³/mol. The molecule has 2 N–H and O–H groups in total. The first kappa shape index (κ1) is 37.2. The van der Waals surface area contributed by atoms with Crippen LogP contribution in [0.1, 0.15) is 45.6 Å². The highest BCUT2D eigenvalue weighted by Gasteiger charge is 2.47. The van der Waals surface area contributed by atoms with Crippen LogP contribution >= 0.6 is 11.8 Å². The van der Waals surface area contributed by atoms with Crippen molar-refractivity contribution in [3.63, 3.8) is 0 Å². The quantitative estimate of drug-likeness (QED) is 0.245. The molecule has 15 heteroatoms. The summed E-state index contributed by atoms with van der Waals surface area (Å²) in [5, 5.41) is 27.7. The maximum Gasteiger partial charge on any atom is 0.279 e. The van der Waals surface area contributed by atoms with Gasteiger partial charge in [-0.15, -0.1) is 0 Å². The van der Waals surface area contributed by atoms with Crippen molar-refractivity contribution < 1.29 is 47.2 Å². The van der Waals surface area contributed by atoms with Crippen LogP contribution in [0, 0.1) is 11.3 Å². The van der Waals surface area contributed by atoms with E-state index in [1.54, 1.807) is 0 Å². The average Bonchev–Trinajstić information content (AvgIpc) is 3.81. The molecule has 0 bridgehead atoms. The number of nitrogens with one attached hydrogen (secondary N) is 1. The second kappa shape index (κ2) is 16.3. The maximum absolute atomic E-state index is 14.4. The first-order chi connectivity index (χ1) is 23.4. The number of rotatable bonds is 16. The van der Waals surface area contributed by atoms with E-state index in [4.69, 9.17) is 18.9 Å². The number of hydrogen-bond acceptors (Lipinski definition) is 11. The maximum atomic E-state index is 14.4. The van der Waals surface area contributed by atoms with Crippen molar-refractivity contribution in [2.45, 2.75) is 75.8 Å². The third-order valence-electron chi connectivity index (χ3n) is 9.22. The highest BCUT2D eigenvalue weighted by molar-refractivity contribution is 8.13. The van der Waals surface area contributed by atoms with Gasteiger partial charge in [-0.1, -0.05) is 62.9 Å². The van der Waals surface area contributed by atoms with E-state index < -0.39 is 52.6 Å². The summed E-state index contributed by atoms with van der Waals surface area (Å²) >= 11 is 1.19. The summed E-state index contributed by atoms with van der Waals surface area (Å²) in [6.45, 7) is 6.26. The monoisotopic (exact) mass is 720 g/mol. The van der Waals surface area contributed by atoms with E-state index in [-0.39, 0.29) is 42.4 Å². The summed E-state index contributed by atoms with van der Waals surface area (Å²) in [4.78, 5) is 25.9. The van der Waals surface area contributed by atoms with Crippen LogP contribution in [-0.2, 0) is 25.9 Å². The molecule has 3 aliphatic rings. The molecule has 2 saturated heterocycles. The van der Waals surface area contributed by atoms with Crippen LogP contribution in [0.3, 0.4) is 0 Å². The average molecular weight is 721 g/mol. The number of sulfonamides is 1. The third-order valence-corrected chi connectivity index (χ3v) is 11.7. The van der Waals surface area contributed by atoms with Gasteiger partial charge in [-0.3, -0.25) is 4.79 Å². The Hall–Kier alpha value is -3.08. The van der Waals surface area contributed by atoms with Gasteiger partial charge in [-0.2, -0.15) is 4.31 Å². The second-order valence-electron chi connectivity index (χ2n) is 13.3. The molecule has 13 nitrogen and oxygen atoms in total. The Morgan fingerprint density at radius 1 is 1.12 bits per heavy atom. The molecule has 0 radical (unpaired) electrons.